The highest BCUT2D eigenvalue weighted by atomic mass is 16.5. The van der Waals surface area contributed by atoms with Crippen LogP contribution in [0.25, 0.3) is 5.69 Å². The Bertz CT molecular complexity index is 565. The van der Waals surface area contributed by atoms with E-state index < -0.39 is 12.1 Å². The van der Waals surface area contributed by atoms with Gasteiger partial charge in [-0.15, -0.1) is 5.10 Å². The van der Waals surface area contributed by atoms with Gasteiger partial charge < -0.3 is 9.84 Å². The Labute approximate surface area is 104 Å². The van der Waals surface area contributed by atoms with Crippen LogP contribution in [0.2, 0.25) is 0 Å². The van der Waals surface area contributed by atoms with Crippen LogP contribution in [0.3, 0.4) is 0 Å². The first-order valence-electron chi connectivity index (χ1n) is 5.44. The molecule has 0 spiro atoms. The molecule has 1 unspecified atom stereocenters. The molecule has 0 saturated carbocycles. The first-order chi connectivity index (χ1) is 8.56. The van der Waals surface area contributed by atoms with Crippen molar-refractivity contribution in [3.05, 3.63) is 36.2 Å². The summed E-state index contributed by atoms with van der Waals surface area (Å²) in [6.45, 7) is 3.40. The van der Waals surface area contributed by atoms with E-state index in [4.69, 9.17) is 9.84 Å². The molecule has 0 fully saturated rings. The first kappa shape index (κ1) is 12.1. The second kappa shape index (κ2) is 4.87. The largest absolute Gasteiger partial charge is 0.479 e. The molecule has 0 aliphatic rings. The van der Waals surface area contributed by atoms with Crippen LogP contribution in [0.5, 0.6) is 6.01 Å². The molecule has 94 valence electrons. The summed E-state index contributed by atoms with van der Waals surface area (Å²) in [5.41, 5.74) is 1.95. The van der Waals surface area contributed by atoms with Crippen molar-refractivity contribution in [1.29, 1.82) is 0 Å². The van der Waals surface area contributed by atoms with Gasteiger partial charge in [-0.2, -0.15) is 4.98 Å². The van der Waals surface area contributed by atoms with Gasteiger partial charge in [0, 0.05) is 0 Å². The number of ether oxygens (including phenoxy) is 1. The van der Waals surface area contributed by atoms with Gasteiger partial charge >= 0.3 is 12.0 Å². The Morgan fingerprint density at radius 3 is 2.94 bits per heavy atom. The van der Waals surface area contributed by atoms with Gasteiger partial charge in [0.2, 0.25) is 0 Å². The molecule has 0 saturated heterocycles. The van der Waals surface area contributed by atoms with E-state index in [9.17, 15) is 4.79 Å². The van der Waals surface area contributed by atoms with Crippen LogP contribution in [0, 0.1) is 6.92 Å². The van der Waals surface area contributed by atoms with Gasteiger partial charge in [0.25, 0.3) is 0 Å². The minimum atomic E-state index is -1.05. The van der Waals surface area contributed by atoms with Gasteiger partial charge in [-0.05, 0) is 31.5 Å². The molecule has 2 rings (SSSR count). The predicted molar refractivity (Wildman–Crippen MR) is 63.8 cm³/mol. The van der Waals surface area contributed by atoms with Crippen LogP contribution >= 0.6 is 0 Å². The SMILES string of the molecule is Cc1cccc(-n2cnc(OC(C)C(=O)O)n2)c1. The number of nitrogens with zero attached hydrogens (tertiary/aromatic N) is 3. The molecule has 0 aliphatic carbocycles. The number of rotatable bonds is 4. The third kappa shape index (κ3) is 2.65. The van der Waals surface area contributed by atoms with E-state index in [0.29, 0.717) is 0 Å². The fourth-order valence-corrected chi connectivity index (χ4v) is 1.41. The average Bonchev–Trinajstić information content (AvgIpc) is 2.77. The molecule has 1 atom stereocenters. The lowest BCUT2D eigenvalue weighted by Crippen LogP contribution is -2.23. The summed E-state index contributed by atoms with van der Waals surface area (Å²) in [7, 11) is 0. The summed E-state index contributed by atoms with van der Waals surface area (Å²) >= 11 is 0. The molecule has 1 aromatic carbocycles. The Hall–Kier alpha value is -2.37. The van der Waals surface area contributed by atoms with Gasteiger partial charge in [0.15, 0.2) is 6.10 Å². The number of carboxylic acid groups (broad SMARTS) is 1. The first-order valence-corrected chi connectivity index (χ1v) is 5.44. The Kier molecular flexibility index (Phi) is 3.27. The van der Waals surface area contributed by atoms with Crippen molar-refractivity contribution in [3.8, 4) is 11.7 Å². The highest BCUT2D eigenvalue weighted by Crippen LogP contribution is 2.11. The second-order valence-electron chi connectivity index (χ2n) is 3.91. The van der Waals surface area contributed by atoms with Gasteiger partial charge in [0.05, 0.1) is 5.69 Å². The van der Waals surface area contributed by atoms with Gasteiger partial charge in [-0.1, -0.05) is 12.1 Å². The lowest BCUT2D eigenvalue weighted by Gasteiger charge is -2.05. The fourth-order valence-electron chi connectivity index (χ4n) is 1.41. The third-order valence-electron chi connectivity index (χ3n) is 2.37. The zero-order valence-electron chi connectivity index (χ0n) is 10.1. The summed E-state index contributed by atoms with van der Waals surface area (Å²) < 4.78 is 6.60. The summed E-state index contributed by atoms with van der Waals surface area (Å²) in [5.74, 6) is -1.05. The Balaban J connectivity index is 2.18. The fraction of sp³-hybridized carbons (Fsp3) is 0.250. The molecule has 2 aromatic rings. The molecule has 1 aromatic heterocycles. The van der Waals surface area contributed by atoms with Crippen molar-refractivity contribution in [3.63, 3.8) is 0 Å². The number of carboxylic acids is 1. The van der Waals surface area contributed by atoms with Crippen LogP contribution in [0.15, 0.2) is 30.6 Å². The summed E-state index contributed by atoms with van der Waals surface area (Å²) in [4.78, 5) is 14.5. The van der Waals surface area contributed by atoms with E-state index in [1.807, 2.05) is 31.2 Å². The van der Waals surface area contributed by atoms with Gasteiger partial charge in [0.1, 0.15) is 6.33 Å². The Morgan fingerprint density at radius 2 is 2.28 bits per heavy atom. The molecule has 6 heteroatoms. The minimum absolute atomic E-state index is 0.0476. The summed E-state index contributed by atoms with van der Waals surface area (Å²) in [5, 5.41) is 12.8. The van der Waals surface area contributed by atoms with Crippen molar-refractivity contribution < 1.29 is 14.6 Å². The molecular weight excluding hydrogens is 234 g/mol. The van der Waals surface area contributed by atoms with Gasteiger partial charge in [-0.3, -0.25) is 0 Å². The molecule has 0 radical (unpaired) electrons. The number of benzene rings is 1. The van der Waals surface area contributed by atoms with Crippen molar-refractivity contribution in [2.24, 2.45) is 0 Å². The maximum Gasteiger partial charge on any atom is 0.344 e. The van der Waals surface area contributed by atoms with Crippen molar-refractivity contribution in [2.75, 3.05) is 0 Å². The minimum Gasteiger partial charge on any atom is -0.479 e. The predicted octanol–water partition coefficient (Wildman–Crippen LogP) is 1.43. The summed E-state index contributed by atoms with van der Waals surface area (Å²) in [6.07, 6.45) is 0.511. The molecular formula is C12H13N3O3. The van der Waals surface area contributed by atoms with Crippen molar-refractivity contribution >= 4 is 5.97 Å². The number of aromatic nitrogens is 3. The van der Waals surface area contributed by atoms with Crippen LogP contribution in [-0.4, -0.2) is 31.9 Å². The van der Waals surface area contributed by atoms with E-state index in [2.05, 4.69) is 10.1 Å². The van der Waals surface area contributed by atoms with E-state index in [1.54, 1.807) is 0 Å². The number of carbonyl (C=O) groups is 1. The Morgan fingerprint density at radius 1 is 1.50 bits per heavy atom. The van der Waals surface area contributed by atoms with Crippen molar-refractivity contribution in [1.82, 2.24) is 14.8 Å². The zero-order valence-corrected chi connectivity index (χ0v) is 10.1. The summed E-state index contributed by atoms with van der Waals surface area (Å²) in [6, 6.07) is 7.76. The average molecular weight is 247 g/mol. The number of aliphatic carboxylic acids is 1. The monoisotopic (exact) mass is 247 g/mol. The smallest absolute Gasteiger partial charge is 0.344 e. The normalized spacial score (nSPS) is 12.1. The molecule has 1 heterocycles. The molecule has 6 nitrogen and oxygen atoms in total. The lowest BCUT2D eigenvalue weighted by molar-refractivity contribution is -0.144. The maximum absolute atomic E-state index is 10.6. The topological polar surface area (TPSA) is 77.2 Å². The molecule has 0 bridgehead atoms. The van der Waals surface area contributed by atoms with Crippen LogP contribution in [-0.2, 0) is 4.79 Å². The van der Waals surface area contributed by atoms with E-state index in [1.165, 1.54) is 17.9 Å². The number of hydrogen-bond donors (Lipinski definition) is 1. The van der Waals surface area contributed by atoms with Gasteiger partial charge in [-0.25, -0.2) is 9.48 Å². The number of aryl methyl sites for hydroxylation is 1. The lowest BCUT2D eigenvalue weighted by atomic mass is 10.2. The van der Waals surface area contributed by atoms with E-state index >= 15 is 0 Å². The molecule has 0 amide bonds. The maximum atomic E-state index is 10.6. The van der Waals surface area contributed by atoms with Crippen molar-refractivity contribution in [2.45, 2.75) is 20.0 Å². The van der Waals surface area contributed by atoms with Crippen LogP contribution in [0.1, 0.15) is 12.5 Å². The number of hydrogen-bond acceptors (Lipinski definition) is 4. The molecule has 0 aliphatic heterocycles. The highest BCUT2D eigenvalue weighted by molar-refractivity contribution is 5.72. The van der Waals surface area contributed by atoms with Crippen LogP contribution < -0.4 is 4.74 Å². The van der Waals surface area contributed by atoms with E-state index in [0.717, 1.165) is 11.3 Å². The zero-order chi connectivity index (χ0) is 13.1. The molecule has 18 heavy (non-hydrogen) atoms. The standard InChI is InChI=1S/C12H13N3O3/c1-8-4-3-5-10(6-8)15-7-13-12(14-15)18-9(2)11(16)17/h3-7,9H,1-2H3,(H,16,17). The highest BCUT2D eigenvalue weighted by Gasteiger charge is 2.15. The third-order valence-corrected chi connectivity index (χ3v) is 2.37. The van der Waals surface area contributed by atoms with E-state index in [-0.39, 0.29) is 6.01 Å². The quantitative estimate of drug-likeness (QED) is 0.884. The van der Waals surface area contributed by atoms with Crippen LogP contribution in [0.4, 0.5) is 0 Å². The molecule has 1 N–H and O–H groups in total. The second-order valence-corrected chi connectivity index (χ2v) is 3.91.